The molecule has 3 aromatic heterocycles. The smallest absolute Gasteiger partial charge is 0.298 e. The second kappa shape index (κ2) is 56.2. The molecule has 0 saturated heterocycles. The molecule has 0 aliphatic heterocycles. The summed E-state index contributed by atoms with van der Waals surface area (Å²) in [6.07, 6.45) is 5.86. The Morgan fingerprint density at radius 2 is 0.808 bits per heavy atom. The summed E-state index contributed by atoms with van der Waals surface area (Å²) in [6, 6.07) is 74.2. The van der Waals surface area contributed by atoms with Crippen LogP contribution in [0.2, 0.25) is 0 Å². The molecule has 0 saturated carbocycles. The number of halogens is 4. The van der Waals surface area contributed by atoms with Crippen LogP contribution in [0.25, 0.3) is 33.9 Å². The number of allylic oxidation sites excluding steroid dienone is 6. The van der Waals surface area contributed by atoms with Gasteiger partial charge in [0, 0.05) is 32.7 Å². The fourth-order valence-electron chi connectivity index (χ4n) is 10.6. The molecule has 0 spiro atoms. The van der Waals surface area contributed by atoms with E-state index >= 15 is 0 Å². The minimum Gasteiger partial charge on any atom is -0.394 e. The number of carbonyl (C=O) groups is 4. The number of nitriles is 4. The molecule has 0 bridgehead atoms. The van der Waals surface area contributed by atoms with E-state index in [-0.39, 0.29) is 65.4 Å². The largest absolute Gasteiger partial charge is 0.394 e. The van der Waals surface area contributed by atoms with Gasteiger partial charge in [-0.25, -0.2) is 51.4 Å². The van der Waals surface area contributed by atoms with Gasteiger partial charge in [0.05, 0.1) is 81.8 Å². The second-order valence-electron chi connectivity index (χ2n) is 25.8. The number of alkyl halides is 3. The molecule has 7 aromatic carbocycles. The van der Waals surface area contributed by atoms with E-state index in [0.29, 0.717) is 67.2 Å². The third kappa shape index (κ3) is 32.5. The Kier molecular flexibility index (Phi) is 47.7. The first-order chi connectivity index (χ1) is 57.5. The first-order valence-corrected chi connectivity index (χ1v) is 40.3. The van der Waals surface area contributed by atoms with Crippen LogP contribution in [0.5, 0.6) is 0 Å². The molecular formula is C95H89Br3ClN17O4. The Bertz CT molecular complexity index is 5560. The Labute approximate surface area is 735 Å². The standard InChI is InChI=1S/C29H27N3O.C21H19N3O.C14H15N3.C7H5ClO.C6H4Br2N2.C6H5BrN2.C6H6N2.C3H2N2.C3H6O/c1-21-20-31(22(2)24-14-8-5-9-15-24)28(27(21)30-4)32(23(3)25-16-10-6-11-17-25)29(33)26-18-12-7-13-19-26;1-15-14-24(16(2)17-10-6-4-7-11-17)20(19(15)22-3)23-21(25)18-12-8-5-9-13-18;1-10-9-17(14(15)13(10)16-3)11(2)12-7-5-4-6-8-12;8-7(9)6-4-2-1-3-5-6;1-10-6(4-9)5(2-7)3-8;1-5(3-7)6(4-8)9-2;1-5(2)6(4-7)8-3;1-5-3-2-4;1-3(2)4/h5-20,22-23H,1-3H3;4-14,16H,1-2H3,(H,23,25);4-9,11H,15H2,1-2H3;1-5H;2-3H2;3H2,1H3;1-2H3;3H2;1-2H3/b;;;;;6-5-;;;. The molecule has 4 atom stereocenters. The van der Waals surface area contributed by atoms with E-state index < -0.39 is 5.24 Å². The lowest BCUT2D eigenvalue weighted by Gasteiger charge is -2.33. The molecule has 21 nitrogen and oxygen atoms in total. The van der Waals surface area contributed by atoms with Crippen molar-refractivity contribution in [3.05, 3.63) is 400 Å². The zero-order valence-electron chi connectivity index (χ0n) is 68.5. The van der Waals surface area contributed by atoms with Crippen molar-refractivity contribution in [2.24, 2.45) is 0 Å². The predicted molar refractivity (Wildman–Crippen MR) is 490 cm³/mol. The molecule has 10 rings (SSSR count). The van der Waals surface area contributed by atoms with Crippen molar-refractivity contribution in [3.63, 3.8) is 0 Å². The minimum atomic E-state index is -0.407. The van der Waals surface area contributed by atoms with Crippen molar-refractivity contribution in [2.75, 3.05) is 38.5 Å². The van der Waals surface area contributed by atoms with E-state index in [9.17, 15) is 19.2 Å². The summed E-state index contributed by atoms with van der Waals surface area (Å²) < 4.78 is 5.98. The molecule has 10 aromatic rings. The number of carbonyl (C=O) groups excluding carboxylic acids is 4. The lowest BCUT2D eigenvalue weighted by atomic mass is 10.0. The van der Waals surface area contributed by atoms with E-state index in [2.05, 4.69) is 137 Å². The summed E-state index contributed by atoms with van der Waals surface area (Å²) in [5, 5.41) is 36.7. The maximum absolute atomic E-state index is 14.0. The van der Waals surface area contributed by atoms with Gasteiger partial charge in [0.25, 0.3) is 40.7 Å². The van der Waals surface area contributed by atoms with Crippen LogP contribution >= 0.6 is 59.4 Å². The SMILES string of the molecule is CC(C)=O.O=C(Cl)c1ccccc1.[C-]#[N+]/C(C#N)=C(/C)CBr.[C-]#[N+]C(C#N)=C(C)C.[C-]#[N+]C(C#N)=C(CBr)CBr.[C-]#[N+]CC#N.[C-]#[N+]c1c(C)cn(C(C)c2ccccc2)c1N.[C-]#[N+]c1c(C)cn(C(C)c2ccccc2)c1N(C(=O)c1ccccc1)C(C)c1ccccc1.[C-]#[N+]c1c(C)cn(C(C)c2ccccc2)c1NC(=O)c1ccccc1. The summed E-state index contributed by atoms with van der Waals surface area (Å²) in [4.78, 5) is 70.9. The highest BCUT2D eigenvalue weighted by Crippen LogP contribution is 2.43. The number of hydrogen-bond acceptors (Lipinski definition) is 9. The van der Waals surface area contributed by atoms with Gasteiger partial charge in [0.15, 0.2) is 0 Å². The summed E-state index contributed by atoms with van der Waals surface area (Å²) in [5.74, 6) is 1.54. The van der Waals surface area contributed by atoms with Crippen LogP contribution in [-0.2, 0) is 4.79 Å². The molecule has 25 heteroatoms. The first kappa shape index (κ1) is 102. The molecular weight excluding hydrogens is 1720 g/mol. The maximum Gasteiger partial charge on any atom is 0.298 e. The van der Waals surface area contributed by atoms with Crippen molar-refractivity contribution < 1.29 is 19.2 Å². The van der Waals surface area contributed by atoms with Crippen molar-refractivity contribution in [2.45, 2.75) is 107 Å². The fraction of sp³-hybridized carbons (Fsp3) is 0.211. The highest BCUT2D eigenvalue weighted by atomic mass is 79.9. The number of amides is 2. The fourth-order valence-corrected chi connectivity index (χ4v) is 12.5. The van der Waals surface area contributed by atoms with Gasteiger partial charge in [-0.05, 0) is 167 Å². The maximum atomic E-state index is 14.0. The number of anilines is 3. The van der Waals surface area contributed by atoms with Crippen LogP contribution in [-0.4, -0.2) is 59.1 Å². The summed E-state index contributed by atoms with van der Waals surface area (Å²) in [7, 11) is 0. The topological polar surface area (TPSA) is 250 Å². The number of nitrogens with zero attached hydrogens (tertiary/aromatic N) is 15. The Morgan fingerprint density at radius 1 is 0.467 bits per heavy atom. The average Bonchev–Trinajstić information content (AvgIpc) is 1.60. The zero-order chi connectivity index (χ0) is 89.8. The summed E-state index contributed by atoms with van der Waals surface area (Å²) in [6.45, 7) is 70.4. The van der Waals surface area contributed by atoms with Crippen LogP contribution in [0.4, 0.5) is 34.5 Å². The molecule has 3 heterocycles. The highest BCUT2D eigenvalue weighted by Gasteiger charge is 2.32. The third-order valence-electron chi connectivity index (χ3n) is 17.0. The van der Waals surface area contributed by atoms with Crippen LogP contribution in [0.1, 0.15) is 156 Å². The normalized spacial score (nSPS) is 10.5. The van der Waals surface area contributed by atoms with E-state index in [1.54, 1.807) is 80.3 Å². The quantitative estimate of drug-likeness (QED) is 0.0306. The van der Waals surface area contributed by atoms with Gasteiger partial charge in [0.2, 0.25) is 17.1 Å². The molecule has 0 radical (unpaired) electrons. The van der Waals surface area contributed by atoms with Crippen molar-refractivity contribution in [3.8, 4) is 24.3 Å². The van der Waals surface area contributed by atoms with Crippen LogP contribution in [0.3, 0.4) is 0 Å². The average molecular weight is 1810 g/mol. The van der Waals surface area contributed by atoms with Crippen LogP contribution < -0.4 is 16.0 Å². The summed E-state index contributed by atoms with van der Waals surface area (Å²) >= 11 is 14.7. The Hall–Kier alpha value is -14.2. The highest BCUT2D eigenvalue weighted by molar-refractivity contribution is 9.10. The Morgan fingerprint density at radius 3 is 1.11 bits per heavy atom. The van der Waals surface area contributed by atoms with Crippen LogP contribution in [0, 0.1) is 112 Å². The van der Waals surface area contributed by atoms with Crippen molar-refractivity contribution in [1.29, 1.82) is 21.0 Å². The molecule has 2 amide bonds. The summed E-state index contributed by atoms with van der Waals surface area (Å²) in [5.41, 5.74) is 19.2. The number of aryl methyl sites for hydroxylation is 3. The van der Waals surface area contributed by atoms with Gasteiger partial charge >= 0.3 is 0 Å². The van der Waals surface area contributed by atoms with Crippen molar-refractivity contribution >= 4 is 117 Å². The number of nitrogens with two attached hydrogens (primary N) is 1. The van der Waals surface area contributed by atoms with E-state index in [4.69, 9.17) is 84.4 Å². The van der Waals surface area contributed by atoms with Crippen molar-refractivity contribution in [1.82, 2.24) is 13.7 Å². The minimum absolute atomic E-state index is 0.00136. The molecule has 606 valence electrons. The van der Waals surface area contributed by atoms with Crippen LogP contribution in [0.15, 0.2) is 265 Å². The Balaban J connectivity index is 0.000000496. The van der Waals surface area contributed by atoms with Gasteiger partial charge in [0.1, 0.15) is 29.3 Å². The number of rotatable bonds is 16. The van der Waals surface area contributed by atoms with Gasteiger partial charge in [-0.2, -0.15) is 5.26 Å². The predicted octanol–water partition coefficient (Wildman–Crippen LogP) is 25.5. The van der Waals surface area contributed by atoms with Gasteiger partial charge in [-0.3, -0.25) is 19.3 Å². The van der Waals surface area contributed by atoms with E-state index in [0.717, 1.165) is 50.1 Å². The number of nitrogen functional groups attached to an aromatic ring is 1. The van der Waals surface area contributed by atoms with E-state index in [1.807, 2.05) is 213 Å². The zero-order valence-corrected chi connectivity index (χ0v) is 74.0. The number of ketones is 1. The number of aromatic nitrogens is 3. The van der Waals surface area contributed by atoms with Gasteiger partial charge in [-0.1, -0.05) is 262 Å². The molecule has 0 aliphatic rings. The number of Topliss-reactive ketones (excluding diaryl/α,β-unsaturated/α-hetero) is 1. The van der Waals surface area contributed by atoms with E-state index in [1.165, 1.54) is 19.4 Å². The van der Waals surface area contributed by atoms with Gasteiger partial charge < -0.3 is 34.4 Å². The molecule has 0 aliphatic carbocycles. The monoisotopic (exact) mass is 1800 g/mol. The number of hydrogen-bond donors (Lipinski definition) is 2. The lowest BCUT2D eigenvalue weighted by molar-refractivity contribution is -0.115. The first-order valence-electron chi connectivity index (χ1n) is 36.5. The third-order valence-corrected chi connectivity index (χ3v) is 19.4. The molecule has 3 N–H and O–H groups in total. The van der Waals surface area contributed by atoms with Gasteiger partial charge in [-0.15, -0.1) is 0 Å². The molecule has 0 fully saturated rings. The molecule has 120 heavy (non-hydrogen) atoms. The second-order valence-corrected chi connectivity index (χ2v) is 27.9. The number of nitrogens with one attached hydrogen (secondary N) is 1. The molecule has 4 unspecified atom stereocenters. The number of benzene rings is 7. The lowest BCUT2D eigenvalue weighted by Crippen LogP contribution is -2.35.